The summed E-state index contributed by atoms with van der Waals surface area (Å²) in [5.41, 5.74) is 6.45. The van der Waals surface area contributed by atoms with Gasteiger partial charge in [0.05, 0.1) is 22.1 Å². The van der Waals surface area contributed by atoms with Crippen LogP contribution in [0.3, 0.4) is 0 Å². The zero-order chi connectivity index (χ0) is 13.4. The van der Waals surface area contributed by atoms with E-state index in [1.165, 1.54) is 0 Å². The van der Waals surface area contributed by atoms with Crippen molar-refractivity contribution in [1.29, 1.82) is 5.26 Å². The van der Waals surface area contributed by atoms with Gasteiger partial charge in [0.15, 0.2) is 9.84 Å². The predicted molar refractivity (Wildman–Crippen MR) is 68.4 cm³/mol. The molecule has 1 aliphatic carbocycles. The number of nitrogens with zero attached hydrogens (tertiary/aromatic N) is 1. The molecule has 1 fully saturated rings. The third-order valence-electron chi connectivity index (χ3n) is 3.59. The Labute approximate surface area is 107 Å². The number of hydrogen-bond donors (Lipinski definition) is 1. The third-order valence-corrected chi connectivity index (χ3v) is 5.34. The van der Waals surface area contributed by atoms with Crippen LogP contribution >= 0.6 is 0 Å². The normalized spacial score (nSPS) is 18.9. The van der Waals surface area contributed by atoms with Crippen molar-refractivity contribution < 1.29 is 8.42 Å². The first-order chi connectivity index (χ1) is 8.45. The second-order valence-electron chi connectivity index (χ2n) is 4.72. The summed E-state index contributed by atoms with van der Waals surface area (Å²) in [6.45, 7) is 1.61. The van der Waals surface area contributed by atoms with Crippen molar-refractivity contribution in [2.75, 3.05) is 5.75 Å². The molecule has 96 valence electrons. The molecule has 1 atom stereocenters. The Bertz CT molecular complexity index is 580. The van der Waals surface area contributed by atoms with Crippen LogP contribution in [0.4, 0.5) is 0 Å². The molecular formula is C13H16N2O2S. The van der Waals surface area contributed by atoms with Crippen LogP contribution in [-0.2, 0) is 9.84 Å². The monoisotopic (exact) mass is 264 g/mol. The third kappa shape index (κ3) is 2.14. The van der Waals surface area contributed by atoms with Crippen molar-refractivity contribution in [2.24, 2.45) is 11.1 Å². The Hall–Kier alpha value is -1.38. The van der Waals surface area contributed by atoms with Crippen LogP contribution in [0.15, 0.2) is 29.2 Å². The molecule has 2 N–H and O–H groups in total. The molecule has 0 amide bonds. The molecule has 0 aliphatic heterocycles. The van der Waals surface area contributed by atoms with E-state index in [4.69, 9.17) is 11.0 Å². The minimum Gasteiger partial charge on any atom is -0.323 e. The quantitative estimate of drug-likeness (QED) is 0.898. The lowest BCUT2D eigenvalue weighted by Crippen LogP contribution is -2.21. The van der Waals surface area contributed by atoms with Crippen LogP contribution in [-0.4, -0.2) is 14.2 Å². The highest BCUT2D eigenvalue weighted by Gasteiger charge is 2.49. The van der Waals surface area contributed by atoms with Gasteiger partial charge in [0.25, 0.3) is 0 Å². The lowest BCUT2D eigenvalue weighted by Gasteiger charge is -2.17. The fraction of sp³-hybridized carbons (Fsp3) is 0.462. The van der Waals surface area contributed by atoms with E-state index in [1.807, 2.05) is 0 Å². The molecule has 0 saturated heterocycles. The van der Waals surface area contributed by atoms with Crippen molar-refractivity contribution in [3.05, 3.63) is 29.8 Å². The molecule has 0 bridgehead atoms. The van der Waals surface area contributed by atoms with Gasteiger partial charge in [-0.1, -0.05) is 19.1 Å². The first-order valence-electron chi connectivity index (χ1n) is 5.95. The summed E-state index contributed by atoms with van der Waals surface area (Å²) >= 11 is 0. The Morgan fingerprint density at radius 1 is 1.39 bits per heavy atom. The molecule has 2 rings (SSSR count). The van der Waals surface area contributed by atoms with E-state index in [-0.39, 0.29) is 11.8 Å². The summed E-state index contributed by atoms with van der Waals surface area (Å²) in [6.07, 6.45) is 1.64. The first kappa shape index (κ1) is 13.1. The Kier molecular flexibility index (Phi) is 3.18. The summed E-state index contributed by atoms with van der Waals surface area (Å²) in [6, 6.07) is 8.50. The van der Waals surface area contributed by atoms with E-state index in [1.54, 1.807) is 31.2 Å². The minimum atomic E-state index is -3.17. The van der Waals surface area contributed by atoms with E-state index in [2.05, 4.69) is 6.07 Å². The molecule has 1 unspecified atom stereocenters. The topological polar surface area (TPSA) is 83.9 Å². The average molecular weight is 264 g/mol. The average Bonchev–Trinajstić information content (AvgIpc) is 3.19. The Balaban J connectivity index is 2.27. The second kappa shape index (κ2) is 4.38. The summed E-state index contributed by atoms with van der Waals surface area (Å²) in [7, 11) is -3.17. The molecule has 0 radical (unpaired) electrons. The highest BCUT2D eigenvalue weighted by atomic mass is 32.2. The van der Waals surface area contributed by atoms with Crippen LogP contribution in [0.25, 0.3) is 0 Å². The largest absolute Gasteiger partial charge is 0.323 e. The van der Waals surface area contributed by atoms with Crippen molar-refractivity contribution >= 4 is 9.84 Å². The zero-order valence-corrected chi connectivity index (χ0v) is 11.1. The SMILES string of the molecule is CCS(=O)(=O)c1ccc(C(N)C2(C#N)CC2)cc1. The van der Waals surface area contributed by atoms with Gasteiger partial charge >= 0.3 is 0 Å². The van der Waals surface area contributed by atoms with E-state index in [0.29, 0.717) is 4.90 Å². The molecule has 1 aromatic carbocycles. The van der Waals surface area contributed by atoms with E-state index >= 15 is 0 Å². The molecule has 1 saturated carbocycles. The van der Waals surface area contributed by atoms with Gasteiger partial charge in [-0.15, -0.1) is 0 Å². The van der Waals surface area contributed by atoms with Gasteiger partial charge in [-0.05, 0) is 30.5 Å². The lowest BCUT2D eigenvalue weighted by molar-refractivity contribution is 0.519. The number of sulfone groups is 1. The number of nitrogens with two attached hydrogens (primary N) is 1. The summed E-state index contributed by atoms with van der Waals surface area (Å²) < 4.78 is 23.3. The fourth-order valence-electron chi connectivity index (χ4n) is 2.00. The molecule has 0 aromatic heterocycles. The van der Waals surface area contributed by atoms with Crippen LogP contribution in [0, 0.1) is 16.7 Å². The molecule has 4 nitrogen and oxygen atoms in total. The minimum absolute atomic E-state index is 0.0839. The van der Waals surface area contributed by atoms with Crippen LogP contribution in [0.2, 0.25) is 0 Å². The van der Waals surface area contributed by atoms with Gasteiger partial charge < -0.3 is 5.73 Å². The predicted octanol–water partition coefficient (Wildman–Crippen LogP) is 1.78. The van der Waals surface area contributed by atoms with Crippen molar-refractivity contribution in [2.45, 2.75) is 30.7 Å². The van der Waals surface area contributed by atoms with Crippen LogP contribution in [0.5, 0.6) is 0 Å². The van der Waals surface area contributed by atoms with Gasteiger partial charge in [0, 0.05) is 6.04 Å². The first-order valence-corrected chi connectivity index (χ1v) is 7.60. The van der Waals surface area contributed by atoms with Crippen molar-refractivity contribution in [3.63, 3.8) is 0 Å². The fourth-order valence-corrected chi connectivity index (χ4v) is 2.88. The van der Waals surface area contributed by atoms with E-state index < -0.39 is 15.3 Å². The maximum Gasteiger partial charge on any atom is 0.178 e. The molecule has 0 spiro atoms. The maximum atomic E-state index is 11.7. The highest BCUT2D eigenvalue weighted by molar-refractivity contribution is 7.91. The van der Waals surface area contributed by atoms with Crippen molar-refractivity contribution in [3.8, 4) is 6.07 Å². The lowest BCUT2D eigenvalue weighted by atomic mass is 9.92. The summed E-state index contributed by atoms with van der Waals surface area (Å²) in [4.78, 5) is 0.308. The molecule has 0 heterocycles. The highest BCUT2D eigenvalue weighted by Crippen LogP contribution is 2.53. The number of benzene rings is 1. The smallest absolute Gasteiger partial charge is 0.178 e. The molecule has 18 heavy (non-hydrogen) atoms. The number of rotatable bonds is 4. The molecule has 1 aromatic rings. The summed E-state index contributed by atoms with van der Waals surface area (Å²) in [5, 5.41) is 9.08. The van der Waals surface area contributed by atoms with Gasteiger partial charge in [-0.2, -0.15) is 5.26 Å². The van der Waals surface area contributed by atoms with Crippen LogP contribution < -0.4 is 5.73 Å². The van der Waals surface area contributed by atoms with Crippen molar-refractivity contribution in [1.82, 2.24) is 0 Å². The van der Waals surface area contributed by atoms with Gasteiger partial charge in [0.1, 0.15) is 0 Å². The Morgan fingerprint density at radius 2 is 1.94 bits per heavy atom. The molecule has 5 heteroatoms. The Morgan fingerprint density at radius 3 is 2.33 bits per heavy atom. The van der Waals surface area contributed by atoms with E-state index in [9.17, 15) is 8.42 Å². The second-order valence-corrected chi connectivity index (χ2v) is 7.00. The van der Waals surface area contributed by atoms with Crippen LogP contribution in [0.1, 0.15) is 31.4 Å². The van der Waals surface area contributed by atoms with Gasteiger partial charge in [0.2, 0.25) is 0 Å². The van der Waals surface area contributed by atoms with E-state index in [0.717, 1.165) is 18.4 Å². The molecular weight excluding hydrogens is 248 g/mol. The van der Waals surface area contributed by atoms with Gasteiger partial charge in [-0.3, -0.25) is 0 Å². The zero-order valence-electron chi connectivity index (χ0n) is 10.3. The number of hydrogen-bond acceptors (Lipinski definition) is 4. The maximum absolute atomic E-state index is 11.7. The van der Waals surface area contributed by atoms with Gasteiger partial charge in [-0.25, -0.2) is 8.42 Å². The number of nitriles is 1. The standard InChI is InChI=1S/C13H16N2O2S/c1-2-18(16,17)11-5-3-10(4-6-11)12(15)13(9-14)7-8-13/h3-6,12H,2,7-8,15H2,1H3. The summed E-state index contributed by atoms with van der Waals surface area (Å²) in [5.74, 6) is 0.0839. The molecule has 1 aliphatic rings.